The van der Waals surface area contributed by atoms with Gasteiger partial charge in [0.05, 0.1) is 17.8 Å². The number of hydrogen-bond acceptors (Lipinski definition) is 3. The maximum Gasteiger partial charge on any atom is 0.0800 e. The second-order valence-electron chi connectivity index (χ2n) is 6.02. The highest BCUT2D eigenvalue weighted by atomic mass is 16.3. The second kappa shape index (κ2) is 6.00. The molecule has 0 bridgehead atoms. The molecule has 0 spiro atoms. The van der Waals surface area contributed by atoms with Crippen molar-refractivity contribution < 1.29 is 15.3 Å². The van der Waals surface area contributed by atoms with Crippen LogP contribution in [0.2, 0.25) is 0 Å². The van der Waals surface area contributed by atoms with E-state index in [0.29, 0.717) is 24.8 Å². The second-order valence-corrected chi connectivity index (χ2v) is 6.02. The van der Waals surface area contributed by atoms with Gasteiger partial charge in [-0.3, -0.25) is 0 Å². The molecule has 1 rings (SSSR count). The van der Waals surface area contributed by atoms with E-state index < -0.39 is 17.8 Å². The van der Waals surface area contributed by atoms with Gasteiger partial charge >= 0.3 is 0 Å². The molecule has 0 aromatic heterocycles. The van der Waals surface area contributed by atoms with Gasteiger partial charge in [-0.05, 0) is 37.7 Å². The molecule has 1 aliphatic carbocycles. The highest BCUT2D eigenvalue weighted by molar-refractivity contribution is 5.10. The van der Waals surface area contributed by atoms with E-state index >= 15 is 0 Å². The van der Waals surface area contributed by atoms with Crippen LogP contribution < -0.4 is 0 Å². The SMILES string of the molecule is C=C1CC(O)C(C(C)C)C=CC(C)(O)CCC1O. The smallest absolute Gasteiger partial charge is 0.0800 e. The molecule has 0 aromatic rings. The quantitative estimate of drug-likeness (QED) is 0.627. The fourth-order valence-electron chi connectivity index (χ4n) is 2.37. The molecule has 4 atom stereocenters. The standard InChI is InChI=1S/C15H26O3/c1-10(2)12-5-7-15(4,18)8-6-13(16)11(3)9-14(12)17/h5,7,10,12-14,16-18H,3,6,8-9H2,1-2,4H3. The summed E-state index contributed by atoms with van der Waals surface area (Å²) in [7, 11) is 0. The van der Waals surface area contributed by atoms with Gasteiger partial charge in [-0.2, -0.15) is 0 Å². The Balaban J connectivity index is 2.97. The molecule has 3 nitrogen and oxygen atoms in total. The molecule has 0 heterocycles. The first-order valence-electron chi connectivity index (χ1n) is 6.68. The van der Waals surface area contributed by atoms with E-state index in [9.17, 15) is 15.3 Å². The Morgan fingerprint density at radius 1 is 1.39 bits per heavy atom. The Kier molecular flexibility index (Phi) is 5.14. The first kappa shape index (κ1) is 15.4. The maximum absolute atomic E-state index is 10.2. The van der Waals surface area contributed by atoms with Crippen molar-refractivity contribution in [3.05, 3.63) is 24.3 Å². The molecule has 0 saturated heterocycles. The van der Waals surface area contributed by atoms with Gasteiger partial charge in [0.2, 0.25) is 0 Å². The summed E-state index contributed by atoms with van der Waals surface area (Å²) in [6.07, 6.45) is 3.82. The summed E-state index contributed by atoms with van der Waals surface area (Å²) in [5.41, 5.74) is -0.287. The third kappa shape index (κ3) is 4.23. The van der Waals surface area contributed by atoms with Crippen molar-refractivity contribution in [3.63, 3.8) is 0 Å². The third-order valence-corrected chi connectivity index (χ3v) is 3.76. The Bertz CT molecular complexity index is 318. The van der Waals surface area contributed by atoms with Gasteiger partial charge in [-0.1, -0.05) is 32.6 Å². The summed E-state index contributed by atoms with van der Waals surface area (Å²) in [6, 6.07) is 0. The molecule has 0 fully saturated rings. The molecule has 0 aromatic carbocycles. The number of hydrogen-bond donors (Lipinski definition) is 3. The van der Waals surface area contributed by atoms with Gasteiger partial charge in [0, 0.05) is 5.92 Å². The van der Waals surface area contributed by atoms with Crippen molar-refractivity contribution in [1.29, 1.82) is 0 Å². The minimum absolute atomic E-state index is 0.0291. The van der Waals surface area contributed by atoms with E-state index in [4.69, 9.17) is 0 Å². The largest absolute Gasteiger partial charge is 0.392 e. The summed E-state index contributed by atoms with van der Waals surface area (Å²) in [5.74, 6) is 0.245. The van der Waals surface area contributed by atoms with E-state index in [1.54, 1.807) is 13.0 Å². The zero-order valence-electron chi connectivity index (χ0n) is 11.6. The minimum atomic E-state index is -0.939. The van der Waals surface area contributed by atoms with Crippen molar-refractivity contribution >= 4 is 0 Å². The number of aliphatic hydroxyl groups excluding tert-OH is 2. The van der Waals surface area contributed by atoms with Crippen LogP contribution in [0.15, 0.2) is 24.3 Å². The van der Waals surface area contributed by atoms with Crippen LogP contribution in [0.4, 0.5) is 0 Å². The highest BCUT2D eigenvalue weighted by Crippen LogP contribution is 2.28. The highest BCUT2D eigenvalue weighted by Gasteiger charge is 2.27. The molecule has 1 aliphatic rings. The first-order chi connectivity index (χ1) is 8.23. The Labute approximate surface area is 110 Å². The van der Waals surface area contributed by atoms with Gasteiger partial charge in [0.25, 0.3) is 0 Å². The van der Waals surface area contributed by atoms with Gasteiger partial charge in [-0.25, -0.2) is 0 Å². The molecule has 0 amide bonds. The van der Waals surface area contributed by atoms with Crippen molar-refractivity contribution in [2.24, 2.45) is 11.8 Å². The van der Waals surface area contributed by atoms with Gasteiger partial charge in [-0.15, -0.1) is 0 Å². The molecule has 0 radical (unpaired) electrons. The van der Waals surface area contributed by atoms with Crippen LogP contribution in [-0.2, 0) is 0 Å². The Morgan fingerprint density at radius 2 is 2.00 bits per heavy atom. The topological polar surface area (TPSA) is 60.7 Å². The van der Waals surface area contributed by atoms with E-state index in [1.165, 1.54) is 0 Å². The average molecular weight is 254 g/mol. The van der Waals surface area contributed by atoms with Gasteiger partial charge in [0.15, 0.2) is 0 Å². The summed E-state index contributed by atoms with van der Waals surface area (Å²) in [6.45, 7) is 9.65. The maximum atomic E-state index is 10.2. The van der Waals surface area contributed by atoms with E-state index in [2.05, 4.69) is 6.58 Å². The van der Waals surface area contributed by atoms with Gasteiger partial charge in [0.1, 0.15) is 0 Å². The third-order valence-electron chi connectivity index (χ3n) is 3.76. The van der Waals surface area contributed by atoms with E-state index in [-0.39, 0.29) is 11.8 Å². The molecule has 104 valence electrons. The van der Waals surface area contributed by atoms with Crippen molar-refractivity contribution in [2.75, 3.05) is 0 Å². The summed E-state index contributed by atoms with van der Waals surface area (Å²) >= 11 is 0. The predicted molar refractivity (Wildman–Crippen MR) is 73.1 cm³/mol. The lowest BCUT2D eigenvalue weighted by atomic mass is 9.82. The average Bonchev–Trinajstić information content (AvgIpc) is 2.24. The van der Waals surface area contributed by atoms with Crippen LogP contribution in [0, 0.1) is 11.8 Å². The molecule has 0 saturated carbocycles. The number of rotatable bonds is 1. The van der Waals surface area contributed by atoms with E-state index in [0.717, 1.165) is 0 Å². The summed E-state index contributed by atoms with van der Waals surface area (Å²) < 4.78 is 0. The Hall–Kier alpha value is -0.640. The molecular formula is C15H26O3. The summed E-state index contributed by atoms with van der Waals surface area (Å²) in [5, 5.41) is 30.3. The molecule has 3 N–H and O–H groups in total. The Morgan fingerprint density at radius 3 is 2.56 bits per heavy atom. The fourth-order valence-corrected chi connectivity index (χ4v) is 2.37. The normalized spacial score (nSPS) is 39.1. The zero-order chi connectivity index (χ0) is 13.9. The first-order valence-corrected chi connectivity index (χ1v) is 6.68. The van der Waals surface area contributed by atoms with Gasteiger partial charge < -0.3 is 15.3 Å². The lowest BCUT2D eigenvalue weighted by Gasteiger charge is -2.30. The van der Waals surface area contributed by atoms with Crippen molar-refractivity contribution in [1.82, 2.24) is 0 Å². The predicted octanol–water partition coefficient (Wildman–Crippen LogP) is 2.03. The molecule has 3 heteroatoms. The van der Waals surface area contributed by atoms with Crippen molar-refractivity contribution in [2.45, 2.75) is 57.8 Å². The van der Waals surface area contributed by atoms with Crippen molar-refractivity contribution in [3.8, 4) is 0 Å². The molecular weight excluding hydrogens is 228 g/mol. The fraction of sp³-hybridized carbons (Fsp3) is 0.733. The van der Waals surface area contributed by atoms with Crippen LogP contribution in [0.5, 0.6) is 0 Å². The van der Waals surface area contributed by atoms with E-state index in [1.807, 2.05) is 19.9 Å². The number of aliphatic hydroxyl groups is 3. The monoisotopic (exact) mass is 254 g/mol. The lowest BCUT2D eigenvalue weighted by molar-refractivity contribution is 0.0640. The zero-order valence-corrected chi connectivity index (χ0v) is 11.6. The molecule has 18 heavy (non-hydrogen) atoms. The van der Waals surface area contributed by atoms with Crippen LogP contribution in [0.1, 0.15) is 40.0 Å². The molecule has 4 unspecified atom stereocenters. The van der Waals surface area contributed by atoms with Crippen LogP contribution in [-0.4, -0.2) is 33.1 Å². The van der Waals surface area contributed by atoms with Crippen LogP contribution in [0.3, 0.4) is 0 Å². The lowest BCUT2D eigenvalue weighted by Crippen LogP contribution is -2.30. The van der Waals surface area contributed by atoms with Crippen LogP contribution in [0.25, 0.3) is 0 Å². The molecule has 0 aliphatic heterocycles. The van der Waals surface area contributed by atoms with Crippen LogP contribution >= 0.6 is 0 Å². The minimum Gasteiger partial charge on any atom is -0.392 e. The summed E-state index contributed by atoms with van der Waals surface area (Å²) in [4.78, 5) is 0.